The van der Waals surface area contributed by atoms with E-state index in [-0.39, 0.29) is 18.0 Å². The van der Waals surface area contributed by atoms with Crippen LogP contribution in [0.1, 0.15) is 11.4 Å². The number of aryl methyl sites for hydroxylation is 2. The van der Waals surface area contributed by atoms with Gasteiger partial charge in [0.15, 0.2) is 0 Å². The SMILES string of the molecule is Cc1nn(C)c(C)c1NC(=O)Cn1nc(-c2cccs2)ccc1=O. The fourth-order valence-electron chi connectivity index (χ4n) is 2.39. The maximum absolute atomic E-state index is 12.3. The van der Waals surface area contributed by atoms with Crippen LogP contribution in [0, 0.1) is 13.8 Å². The van der Waals surface area contributed by atoms with Crippen LogP contribution in [0.15, 0.2) is 34.4 Å². The van der Waals surface area contributed by atoms with Gasteiger partial charge in [-0.05, 0) is 31.4 Å². The van der Waals surface area contributed by atoms with Gasteiger partial charge in [0, 0.05) is 13.1 Å². The number of thiophene rings is 1. The van der Waals surface area contributed by atoms with Gasteiger partial charge in [-0.1, -0.05) is 6.07 Å². The standard InChI is InChI=1S/C16H17N5O2S/c1-10-16(11(2)20(3)18-10)17-14(22)9-21-15(23)7-6-12(19-21)13-5-4-8-24-13/h4-8H,9H2,1-3H3,(H,17,22). The second-order valence-electron chi connectivity index (χ2n) is 5.41. The third-order valence-electron chi connectivity index (χ3n) is 3.71. The molecule has 0 saturated heterocycles. The maximum atomic E-state index is 12.3. The summed E-state index contributed by atoms with van der Waals surface area (Å²) in [6, 6.07) is 6.93. The van der Waals surface area contributed by atoms with E-state index in [4.69, 9.17) is 0 Å². The zero-order valence-electron chi connectivity index (χ0n) is 13.6. The molecule has 0 aliphatic heterocycles. The van der Waals surface area contributed by atoms with Crippen molar-refractivity contribution in [3.8, 4) is 10.6 Å². The second-order valence-corrected chi connectivity index (χ2v) is 6.36. The van der Waals surface area contributed by atoms with Gasteiger partial charge in [0.05, 0.1) is 22.0 Å². The molecule has 0 spiro atoms. The van der Waals surface area contributed by atoms with Crippen molar-refractivity contribution < 1.29 is 4.79 Å². The first-order valence-electron chi connectivity index (χ1n) is 7.38. The summed E-state index contributed by atoms with van der Waals surface area (Å²) in [6.07, 6.45) is 0. The summed E-state index contributed by atoms with van der Waals surface area (Å²) in [5.74, 6) is -0.313. The Bertz CT molecular complexity index is 940. The van der Waals surface area contributed by atoms with Gasteiger partial charge in [-0.3, -0.25) is 14.3 Å². The van der Waals surface area contributed by atoms with E-state index in [0.717, 1.165) is 16.3 Å². The van der Waals surface area contributed by atoms with Crippen LogP contribution >= 0.6 is 11.3 Å². The van der Waals surface area contributed by atoms with Crippen molar-refractivity contribution in [1.29, 1.82) is 0 Å². The van der Waals surface area contributed by atoms with Crippen molar-refractivity contribution in [2.75, 3.05) is 5.32 Å². The van der Waals surface area contributed by atoms with E-state index < -0.39 is 0 Å². The Morgan fingerprint density at radius 2 is 2.04 bits per heavy atom. The number of aromatic nitrogens is 4. The van der Waals surface area contributed by atoms with Crippen LogP contribution in [-0.4, -0.2) is 25.5 Å². The third kappa shape index (κ3) is 3.13. The second kappa shape index (κ2) is 6.40. The predicted molar refractivity (Wildman–Crippen MR) is 93.1 cm³/mol. The van der Waals surface area contributed by atoms with Gasteiger partial charge in [-0.15, -0.1) is 11.3 Å². The molecule has 0 unspecified atom stereocenters. The monoisotopic (exact) mass is 343 g/mol. The largest absolute Gasteiger partial charge is 0.321 e. The minimum Gasteiger partial charge on any atom is -0.321 e. The van der Waals surface area contributed by atoms with Crippen molar-refractivity contribution in [2.24, 2.45) is 7.05 Å². The van der Waals surface area contributed by atoms with Gasteiger partial charge in [0.25, 0.3) is 5.56 Å². The lowest BCUT2D eigenvalue weighted by Gasteiger charge is -2.08. The highest BCUT2D eigenvalue weighted by molar-refractivity contribution is 7.13. The van der Waals surface area contributed by atoms with Crippen LogP contribution < -0.4 is 10.9 Å². The quantitative estimate of drug-likeness (QED) is 0.785. The predicted octanol–water partition coefficient (Wildman–Crippen LogP) is 1.96. The normalized spacial score (nSPS) is 10.8. The van der Waals surface area contributed by atoms with Crippen molar-refractivity contribution in [3.05, 3.63) is 51.4 Å². The number of nitrogens with zero attached hydrogens (tertiary/aromatic N) is 4. The molecule has 0 bridgehead atoms. The van der Waals surface area contributed by atoms with Gasteiger partial charge in [0.2, 0.25) is 5.91 Å². The van der Waals surface area contributed by atoms with E-state index in [1.165, 1.54) is 22.1 Å². The molecule has 3 heterocycles. The summed E-state index contributed by atoms with van der Waals surface area (Å²) >= 11 is 1.53. The summed E-state index contributed by atoms with van der Waals surface area (Å²) in [5.41, 5.74) is 2.62. The van der Waals surface area contributed by atoms with E-state index in [2.05, 4.69) is 15.5 Å². The number of hydrogen-bond donors (Lipinski definition) is 1. The Balaban J connectivity index is 1.82. The zero-order chi connectivity index (χ0) is 17.3. The molecule has 0 fully saturated rings. The highest BCUT2D eigenvalue weighted by Crippen LogP contribution is 2.21. The minimum atomic E-state index is -0.315. The first-order chi connectivity index (χ1) is 11.5. The highest BCUT2D eigenvalue weighted by atomic mass is 32.1. The number of anilines is 1. The van der Waals surface area contributed by atoms with E-state index in [1.807, 2.05) is 38.4 Å². The van der Waals surface area contributed by atoms with Crippen LogP contribution in [0.3, 0.4) is 0 Å². The molecule has 0 aliphatic carbocycles. The summed E-state index contributed by atoms with van der Waals surface area (Å²) in [5, 5.41) is 13.3. The van der Waals surface area contributed by atoms with Crippen molar-refractivity contribution >= 4 is 22.9 Å². The van der Waals surface area contributed by atoms with E-state index in [0.29, 0.717) is 11.4 Å². The molecule has 1 amide bonds. The average Bonchev–Trinajstić information content (AvgIpc) is 3.15. The molecule has 3 rings (SSSR count). The number of hydrogen-bond acceptors (Lipinski definition) is 5. The summed E-state index contributed by atoms with van der Waals surface area (Å²) in [6.45, 7) is 3.55. The van der Waals surface area contributed by atoms with Gasteiger partial charge >= 0.3 is 0 Å². The third-order valence-corrected chi connectivity index (χ3v) is 4.60. The molecular formula is C16H17N5O2S. The van der Waals surface area contributed by atoms with Crippen LogP contribution in [0.2, 0.25) is 0 Å². The molecule has 7 nitrogen and oxygen atoms in total. The fourth-order valence-corrected chi connectivity index (χ4v) is 3.08. The fraction of sp³-hybridized carbons (Fsp3) is 0.250. The van der Waals surface area contributed by atoms with E-state index >= 15 is 0 Å². The Morgan fingerprint density at radius 1 is 1.25 bits per heavy atom. The Morgan fingerprint density at radius 3 is 2.67 bits per heavy atom. The molecule has 0 aliphatic rings. The van der Waals surface area contributed by atoms with Crippen LogP contribution in [0.25, 0.3) is 10.6 Å². The molecule has 124 valence electrons. The molecule has 0 aromatic carbocycles. The van der Waals surface area contributed by atoms with E-state index in [1.54, 1.807) is 10.7 Å². The van der Waals surface area contributed by atoms with E-state index in [9.17, 15) is 9.59 Å². The zero-order valence-corrected chi connectivity index (χ0v) is 14.4. The Labute approximate surface area is 142 Å². The molecule has 3 aromatic rings. The summed E-state index contributed by atoms with van der Waals surface area (Å²) in [7, 11) is 1.81. The van der Waals surface area contributed by atoms with Crippen molar-refractivity contribution in [2.45, 2.75) is 20.4 Å². The summed E-state index contributed by atoms with van der Waals surface area (Å²) in [4.78, 5) is 25.2. The number of carbonyl (C=O) groups is 1. The van der Waals surface area contributed by atoms with Gasteiger partial charge < -0.3 is 5.32 Å². The molecule has 24 heavy (non-hydrogen) atoms. The number of rotatable bonds is 4. The number of nitrogens with one attached hydrogen (secondary N) is 1. The Kier molecular flexibility index (Phi) is 4.30. The minimum absolute atomic E-state index is 0.147. The lowest BCUT2D eigenvalue weighted by Crippen LogP contribution is -2.29. The topological polar surface area (TPSA) is 81.8 Å². The van der Waals surface area contributed by atoms with Crippen LogP contribution in [-0.2, 0) is 18.4 Å². The first kappa shape index (κ1) is 16.1. The van der Waals surface area contributed by atoms with Gasteiger partial charge in [-0.25, -0.2) is 4.68 Å². The molecular weight excluding hydrogens is 326 g/mol. The lowest BCUT2D eigenvalue weighted by atomic mass is 10.3. The molecule has 8 heteroatoms. The van der Waals surface area contributed by atoms with Gasteiger partial charge in [-0.2, -0.15) is 10.2 Å². The smallest absolute Gasteiger partial charge is 0.267 e. The molecule has 1 N–H and O–H groups in total. The van der Waals surface area contributed by atoms with Crippen molar-refractivity contribution in [3.63, 3.8) is 0 Å². The maximum Gasteiger partial charge on any atom is 0.267 e. The first-order valence-corrected chi connectivity index (χ1v) is 8.26. The Hall–Kier alpha value is -2.74. The highest BCUT2D eigenvalue weighted by Gasteiger charge is 2.14. The molecule has 0 saturated carbocycles. The summed E-state index contributed by atoms with van der Waals surface area (Å²) < 4.78 is 2.87. The molecule has 0 atom stereocenters. The molecule has 3 aromatic heterocycles. The van der Waals surface area contributed by atoms with Gasteiger partial charge in [0.1, 0.15) is 12.2 Å². The average molecular weight is 343 g/mol. The number of amides is 1. The van der Waals surface area contributed by atoms with Crippen LogP contribution in [0.4, 0.5) is 5.69 Å². The molecule has 0 radical (unpaired) electrons. The lowest BCUT2D eigenvalue weighted by molar-refractivity contribution is -0.117. The number of carbonyl (C=O) groups excluding carboxylic acids is 1. The van der Waals surface area contributed by atoms with Crippen LogP contribution in [0.5, 0.6) is 0 Å². The van der Waals surface area contributed by atoms with Crippen molar-refractivity contribution in [1.82, 2.24) is 19.6 Å².